The third-order valence-electron chi connectivity index (χ3n) is 3.70. The molecule has 134 valence electrons. The van der Waals surface area contributed by atoms with Crippen molar-refractivity contribution in [2.45, 2.75) is 6.92 Å². The number of nitriles is 1. The number of benzene rings is 2. The van der Waals surface area contributed by atoms with Crippen LogP contribution < -0.4 is 15.6 Å². The number of para-hydroxylation sites is 1. The summed E-state index contributed by atoms with van der Waals surface area (Å²) in [6.07, 6.45) is 0. The van der Waals surface area contributed by atoms with Gasteiger partial charge in [-0.3, -0.25) is 14.9 Å². The van der Waals surface area contributed by atoms with Crippen molar-refractivity contribution < 1.29 is 18.7 Å². The molecule has 0 saturated heterocycles. The van der Waals surface area contributed by atoms with Gasteiger partial charge in [0.1, 0.15) is 5.56 Å². The molecule has 0 aliphatic rings. The van der Waals surface area contributed by atoms with Crippen molar-refractivity contribution in [1.82, 2.24) is 5.32 Å². The molecular weight excluding hydrogens is 346 g/mol. The van der Waals surface area contributed by atoms with E-state index in [0.29, 0.717) is 28.0 Å². The Hall–Kier alpha value is -3.92. The van der Waals surface area contributed by atoms with Crippen molar-refractivity contribution in [1.29, 1.82) is 5.26 Å². The van der Waals surface area contributed by atoms with Crippen LogP contribution in [-0.4, -0.2) is 18.9 Å². The molecule has 1 aromatic heterocycles. The second-order valence-electron chi connectivity index (χ2n) is 5.63. The first-order valence-corrected chi connectivity index (χ1v) is 7.99. The van der Waals surface area contributed by atoms with Crippen molar-refractivity contribution in [3.63, 3.8) is 0 Å². The number of amides is 2. The maximum absolute atomic E-state index is 12.5. The molecule has 1 heterocycles. The Bertz CT molecular complexity index is 1160. The van der Waals surface area contributed by atoms with E-state index < -0.39 is 11.8 Å². The molecule has 0 saturated carbocycles. The number of nitrogens with one attached hydrogen (secondary N) is 1. The third-order valence-corrected chi connectivity index (χ3v) is 3.70. The van der Waals surface area contributed by atoms with E-state index in [4.69, 9.17) is 14.4 Å². The van der Waals surface area contributed by atoms with Gasteiger partial charge >= 0.3 is 0 Å². The summed E-state index contributed by atoms with van der Waals surface area (Å²) in [5.41, 5.74) is 1.36. The highest BCUT2D eigenvalue weighted by Gasteiger charge is 2.15. The zero-order chi connectivity index (χ0) is 19.4. The predicted octanol–water partition coefficient (Wildman–Crippen LogP) is 2.82. The van der Waals surface area contributed by atoms with Gasteiger partial charge < -0.3 is 9.15 Å². The lowest BCUT2D eigenvalue weighted by molar-refractivity contribution is -0.118. The number of methoxy groups -OCH3 is 1. The fourth-order valence-corrected chi connectivity index (χ4v) is 2.52. The number of nitrogens with zero attached hydrogens (tertiary/aromatic N) is 2. The Morgan fingerprint density at radius 3 is 2.67 bits per heavy atom. The van der Waals surface area contributed by atoms with Crippen LogP contribution in [0.5, 0.6) is 5.75 Å². The molecule has 0 aliphatic carbocycles. The van der Waals surface area contributed by atoms with Crippen molar-refractivity contribution in [3.8, 4) is 11.8 Å². The van der Waals surface area contributed by atoms with E-state index >= 15 is 0 Å². The Kier molecular flexibility index (Phi) is 4.99. The summed E-state index contributed by atoms with van der Waals surface area (Å²) < 4.78 is 11.1. The molecule has 2 aromatic carbocycles. The number of hydrogen-bond acceptors (Lipinski definition) is 6. The fourth-order valence-electron chi connectivity index (χ4n) is 2.52. The Morgan fingerprint density at radius 2 is 1.96 bits per heavy atom. The molecule has 3 aromatic rings. The molecule has 0 bridgehead atoms. The summed E-state index contributed by atoms with van der Waals surface area (Å²) in [7, 11) is 1.51. The smallest absolute Gasteiger partial charge is 0.263 e. The van der Waals surface area contributed by atoms with Gasteiger partial charge in [0, 0.05) is 12.3 Å². The third kappa shape index (κ3) is 3.85. The molecule has 2 amide bonds. The van der Waals surface area contributed by atoms with Gasteiger partial charge in [0.25, 0.3) is 5.91 Å². The standard InChI is InChI=1S/C20H15N3O4/c1-12(24)22-19(25)16-10-14-6-4-8-17(26-2)18(14)27-20(16)23-15-7-3-5-13(9-15)11-21/h3-10H,1-2H3,(H,22,24,25). The Balaban J connectivity index is 2.29. The van der Waals surface area contributed by atoms with Gasteiger partial charge in [0.2, 0.25) is 11.5 Å². The van der Waals surface area contributed by atoms with Crippen LogP contribution in [0.2, 0.25) is 0 Å². The summed E-state index contributed by atoms with van der Waals surface area (Å²) in [5, 5.41) is 11.9. The number of fused-ring (bicyclic) bond motifs is 1. The second kappa shape index (κ2) is 7.54. The Labute approximate surface area is 154 Å². The average molecular weight is 361 g/mol. The van der Waals surface area contributed by atoms with E-state index in [1.54, 1.807) is 48.5 Å². The second-order valence-corrected chi connectivity index (χ2v) is 5.63. The van der Waals surface area contributed by atoms with Gasteiger partial charge in [0.15, 0.2) is 11.3 Å². The lowest BCUT2D eigenvalue weighted by Gasteiger charge is -2.07. The zero-order valence-electron chi connectivity index (χ0n) is 14.6. The molecule has 3 rings (SSSR count). The fraction of sp³-hybridized carbons (Fsp3) is 0.100. The quantitative estimate of drug-likeness (QED) is 0.772. The van der Waals surface area contributed by atoms with Crippen molar-refractivity contribution in [2.75, 3.05) is 7.11 Å². The van der Waals surface area contributed by atoms with Crippen molar-refractivity contribution >= 4 is 28.5 Å². The summed E-state index contributed by atoms with van der Waals surface area (Å²) in [6, 6.07) is 15.4. The molecule has 0 fully saturated rings. The minimum Gasteiger partial charge on any atom is -0.493 e. The van der Waals surface area contributed by atoms with E-state index in [9.17, 15) is 9.59 Å². The largest absolute Gasteiger partial charge is 0.493 e. The molecule has 27 heavy (non-hydrogen) atoms. The van der Waals surface area contributed by atoms with Crippen LogP contribution in [0, 0.1) is 11.3 Å². The van der Waals surface area contributed by atoms with Gasteiger partial charge in [-0.25, -0.2) is 4.99 Å². The van der Waals surface area contributed by atoms with E-state index in [0.717, 1.165) is 0 Å². The minimum atomic E-state index is -0.633. The van der Waals surface area contributed by atoms with E-state index in [2.05, 4.69) is 10.3 Å². The van der Waals surface area contributed by atoms with Crippen LogP contribution in [0.15, 0.2) is 57.9 Å². The van der Waals surface area contributed by atoms with E-state index in [1.807, 2.05) is 6.07 Å². The first-order chi connectivity index (χ1) is 13.0. The topological polar surface area (TPSA) is 105 Å². The maximum Gasteiger partial charge on any atom is 0.263 e. The number of carbonyl (C=O) groups is 2. The average Bonchev–Trinajstić information content (AvgIpc) is 2.66. The van der Waals surface area contributed by atoms with Crippen molar-refractivity contribution in [3.05, 3.63) is 65.2 Å². The molecule has 0 aliphatic heterocycles. The normalized spacial score (nSPS) is 11.1. The number of rotatable bonds is 3. The first-order valence-electron chi connectivity index (χ1n) is 7.99. The van der Waals surface area contributed by atoms with Crippen LogP contribution in [0.25, 0.3) is 11.0 Å². The number of hydrogen-bond donors (Lipinski definition) is 1. The van der Waals surface area contributed by atoms with Crippen molar-refractivity contribution in [2.24, 2.45) is 4.99 Å². The molecule has 0 unspecified atom stereocenters. The summed E-state index contributed by atoms with van der Waals surface area (Å²) >= 11 is 0. The first kappa shape index (κ1) is 17.9. The molecule has 0 radical (unpaired) electrons. The van der Waals surface area contributed by atoms with Gasteiger partial charge in [-0.05, 0) is 30.3 Å². The Morgan fingerprint density at radius 1 is 1.19 bits per heavy atom. The SMILES string of the molecule is COc1cccc2cc(C(=O)NC(C)=O)c(=Nc3cccc(C#N)c3)oc12. The van der Waals surface area contributed by atoms with E-state index in [1.165, 1.54) is 14.0 Å². The van der Waals surface area contributed by atoms with E-state index in [-0.39, 0.29) is 11.1 Å². The highest BCUT2D eigenvalue weighted by atomic mass is 16.5. The monoisotopic (exact) mass is 361 g/mol. The van der Waals surface area contributed by atoms with Crippen LogP contribution >= 0.6 is 0 Å². The lowest BCUT2D eigenvalue weighted by Crippen LogP contribution is -2.32. The van der Waals surface area contributed by atoms with Crippen LogP contribution in [-0.2, 0) is 4.79 Å². The van der Waals surface area contributed by atoms with Crippen LogP contribution in [0.1, 0.15) is 22.8 Å². The molecule has 0 spiro atoms. The highest BCUT2D eigenvalue weighted by molar-refractivity contribution is 6.05. The molecule has 0 atom stereocenters. The summed E-state index contributed by atoms with van der Waals surface area (Å²) in [5.74, 6) is -0.650. The molecule has 1 N–H and O–H groups in total. The van der Waals surface area contributed by atoms with Gasteiger partial charge in [0.05, 0.1) is 24.4 Å². The van der Waals surface area contributed by atoms with Gasteiger partial charge in [-0.2, -0.15) is 5.26 Å². The van der Waals surface area contributed by atoms with Gasteiger partial charge in [-0.15, -0.1) is 0 Å². The maximum atomic E-state index is 12.5. The number of carbonyl (C=O) groups excluding carboxylic acids is 2. The van der Waals surface area contributed by atoms with Crippen LogP contribution in [0.3, 0.4) is 0 Å². The predicted molar refractivity (Wildman–Crippen MR) is 97.3 cm³/mol. The van der Waals surface area contributed by atoms with Crippen LogP contribution in [0.4, 0.5) is 5.69 Å². The summed E-state index contributed by atoms with van der Waals surface area (Å²) in [4.78, 5) is 28.1. The zero-order valence-corrected chi connectivity index (χ0v) is 14.6. The molecule has 7 nitrogen and oxygen atoms in total. The molecular formula is C20H15N3O4. The highest BCUT2D eigenvalue weighted by Crippen LogP contribution is 2.25. The minimum absolute atomic E-state index is 0.000778. The molecule has 7 heteroatoms. The number of ether oxygens (including phenoxy) is 1. The number of imide groups is 1. The van der Waals surface area contributed by atoms with Gasteiger partial charge in [-0.1, -0.05) is 18.2 Å². The lowest BCUT2D eigenvalue weighted by atomic mass is 10.1. The summed E-state index contributed by atoms with van der Waals surface area (Å²) in [6.45, 7) is 1.24.